The van der Waals surface area contributed by atoms with Crippen molar-refractivity contribution in [2.24, 2.45) is 5.92 Å². The van der Waals surface area contributed by atoms with Crippen LogP contribution in [-0.2, 0) is 4.74 Å². The fourth-order valence-electron chi connectivity index (χ4n) is 1.48. The van der Waals surface area contributed by atoms with Gasteiger partial charge >= 0.3 is 0 Å². The molecule has 0 aliphatic rings. The molecule has 2 N–H and O–H groups in total. The number of hydrogen-bond donors (Lipinski definition) is 2. The SMILES string of the molecule is CC(C)COCC(O)CNC(=O)c1ccc(Cl)cc1Cl. The molecular weight excluding hydrogens is 301 g/mol. The second kappa shape index (κ2) is 8.47. The van der Waals surface area contributed by atoms with Crippen molar-refractivity contribution in [3.8, 4) is 0 Å². The van der Waals surface area contributed by atoms with Gasteiger partial charge in [0.1, 0.15) is 0 Å². The number of rotatable bonds is 7. The van der Waals surface area contributed by atoms with Gasteiger partial charge in [-0.2, -0.15) is 0 Å². The van der Waals surface area contributed by atoms with E-state index in [1.807, 2.05) is 13.8 Å². The van der Waals surface area contributed by atoms with Crippen LogP contribution in [-0.4, -0.2) is 36.9 Å². The van der Waals surface area contributed by atoms with Crippen LogP contribution in [0.2, 0.25) is 10.0 Å². The molecule has 1 amide bonds. The summed E-state index contributed by atoms with van der Waals surface area (Å²) in [5, 5.41) is 13.0. The summed E-state index contributed by atoms with van der Waals surface area (Å²) in [4.78, 5) is 11.9. The fraction of sp³-hybridized carbons (Fsp3) is 0.500. The van der Waals surface area contributed by atoms with Crippen molar-refractivity contribution < 1.29 is 14.6 Å². The highest BCUT2D eigenvalue weighted by Crippen LogP contribution is 2.20. The van der Waals surface area contributed by atoms with Crippen molar-refractivity contribution in [2.45, 2.75) is 20.0 Å². The number of ether oxygens (including phenoxy) is 1. The second-order valence-corrected chi connectivity index (χ2v) is 5.76. The Morgan fingerprint density at radius 3 is 2.65 bits per heavy atom. The molecule has 0 aromatic heterocycles. The van der Waals surface area contributed by atoms with E-state index in [2.05, 4.69) is 5.32 Å². The van der Waals surface area contributed by atoms with E-state index in [1.165, 1.54) is 6.07 Å². The minimum absolute atomic E-state index is 0.107. The van der Waals surface area contributed by atoms with Gasteiger partial charge in [0.05, 0.1) is 23.3 Å². The maximum Gasteiger partial charge on any atom is 0.252 e. The number of aliphatic hydroxyl groups is 1. The molecule has 0 saturated heterocycles. The molecule has 1 rings (SSSR count). The highest BCUT2D eigenvalue weighted by atomic mass is 35.5. The summed E-state index contributed by atoms with van der Waals surface area (Å²) in [7, 11) is 0. The highest BCUT2D eigenvalue weighted by molar-refractivity contribution is 6.36. The summed E-state index contributed by atoms with van der Waals surface area (Å²) in [5.74, 6) is 0.0549. The van der Waals surface area contributed by atoms with Crippen LogP contribution in [0.25, 0.3) is 0 Å². The van der Waals surface area contributed by atoms with Crippen LogP contribution in [0.4, 0.5) is 0 Å². The largest absolute Gasteiger partial charge is 0.389 e. The van der Waals surface area contributed by atoms with E-state index < -0.39 is 6.10 Å². The van der Waals surface area contributed by atoms with E-state index in [-0.39, 0.29) is 24.1 Å². The quantitative estimate of drug-likeness (QED) is 0.812. The molecular formula is C14H19Cl2NO3. The van der Waals surface area contributed by atoms with Crippen LogP contribution in [0.15, 0.2) is 18.2 Å². The Bertz CT molecular complexity index is 452. The zero-order chi connectivity index (χ0) is 15.1. The Morgan fingerprint density at radius 1 is 1.35 bits per heavy atom. The molecule has 0 saturated carbocycles. The van der Waals surface area contributed by atoms with Gasteiger partial charge in [-0.25, -0.2) is 0 Å². The molecule has 20 heavy (non-hydrogen) atoms. The van der Waals surface area contributed by atoms with Crippen molar-refractivity contribution in [3.05, 3.63) is 33.8 Å². The lowest BCUT2D eigenvalue weighted by atomic mass is 10.2. The lowest BCUT2D eigenvalue weighted by Gasteiger charge is -2.14. The molecule has 1 unspecified atom stereocenters. The molecule has 0 aliphatic heterocycles. The van der Waals surface area contributed by atoms with Crippen LogP contribution in [0, 0.1) is 5.92 Å². The van der Waals surface area contributed by atoms with Gasteiger partial charge < -0.3 is 15.2 Å². The minimum atomic E-state index is -0.747. The summed E-state index contributed by atoms with van der Waals surface area (Å²) in [6.07, 6.45) is -0.747. The predicted octanol–water partition coefficient (Wildman–Crippen LogP) is 2.76. The summed E-state index contributed by atoms with van der Waals surface area (Å²) in [6, 6.07) is 4.63. The third-order valence-electron chi connectivity index (χ3n) is 2.44. The summed E-state index contributed by atoms with van der Waals surface area (Å²) in [6.45, 7) is 4.92. The standard InChI is InChI=1S/C14H19Cl2NO3/c1-9(2)7-20-8-11(18)6-17-14(19)12-4-3-10(15)5-13(12)16/h3-5,9,11,18H,6-8H2,1-2H3,(H,17,19). The van der Waals surface area contributed by atoms with Gasteiger partial charge in [-0.3, -0.25) is 4.79 Å². The van der Waals surface area contributed by atoms with Gasteiger partial charge in [-0.1, -0.05) is 37.0 Å². The summed E-state index contributed by atoms with van der Waals surface area (Å²) in [5.41, 5.74) is 0.325. The number of aliphatic hydroxyl groups excluding tert-OH is 1. The van der Waals surface area contributed by atoms with E-state index >= 15 is 0 Å². The maximum absolute atomic E-state index is 11.9. The van der Waals surface area contributed by atoms with Crippen LogP contribution >= 0.6 is 23.2 Å². The number of amides is 1. The van der Waals surface area contributed by atoms with Gasteiger partial charge in [-0.05, 0) is 24.1 Å². The van der Waals surface area contributed by atoms with Gasteiger partial charge in [0.2, 0.25) is 0 Å². The summed E-state index contributed by atoms with van der Waals surface area (Å²) >= 11 is 11.7. The van der Waals surface area contributed by atoms with E-state index in [0.717, 1.165) is 0 Å². The minimum Gasteiger partial charge on any atom is -0.389 e. The number of hydrogen-bond acceptors (Lipinski definition) is 3. The number of nitrogens with one attached hydrogen (secondary N) is 1. The number of carbonyl (C=O) groups excluding carboxylic acids is 1. The first-order valence-electron chi connectivity index (χ1n) is 6.39. The van der Waals surface area contributed by atoms with Gasteiger partial charge in [0, 0.05) is 18.2 Å². The Kier molecular flexibility index (Phi) is 7.30. The molecule has 6 heteroatoms. The van der Waals surface area contributed by atoms with Gasteiger partial charge in [0.25, 0.3) is 5.91 Å². The molecule has 4 nitrogen and oxygen atoms in total. The first-order chi connectivity index (χ1) is 9.40. The molecule has 0 radical (unpaired) electrons. The second-order valence-electron chi connectivity index (χ2n) is 4.92. The zero-order valence-corrected chi connectivity index (χ0v) is 13.0. The average molecular weight is 320 g/mol. The number of benzene rings is 1. The van der Waals surface area contributed by atoms with E-state index in [0.29, 0.717) is 23.1 Å². The van der Waals surface area contributed by atoms with Crippen molar-refractivity contribution >= 4 is 29.1 Å². The zero-order valence-electron chi connectivity index (χ0n) is 11.5. The van der Waals surface area contributed by atoms with Crippen LogP contribution < -0.4 is 5.32 Å². The number of halogens is 2. The Balaban J connectivity index is 2.39. The first-order valence-corrected chi connectivity index (χ1v) is 7.14. The molecule has 0 fully saturated rings. The highest BCUT2D eigenvalue weighted by Gasteiger charge is 2.12. The van der Waals surface area contributed by atoms with Crippen LogP contribution in [0.1, 0.15) is 24.2 Å². The summed E-state index contributed by atoms with van der Waals surface area (Å²) < 4.78 is 5.29. The third-order valence-corrected chi connectivity index (χ3v) is 2.98. The normalized spacial score (nSPS) is 12.5. The molecule has 1 atom stereocenters. The molecule has 1 aromatic rings. The van der Waals surface area contributed by atoms with Crippen LogP contribution in [0.3, 0.4) is 0 Å². The van der Waals surface area contributed by atoms with Crippen LogP contribution in [0.5, 0.6) is 0 Å². The van der Waals surface area contributed by atoms with Crippen molar-refractivity contribution in [3.63, 3.8) is 0 Å². The molecule has 112 valence electrons. The topological polar surface area (TPSA) is 58.6 Å². The first kappa shape index (κ1) is 17.2. The van der Waals surface area contributed by atoms with Crippen molar-refractivity contribution in [2.75, 3.05) is 19.8 Å². The molecule has 1 aromatic carbocycles. The molecule has 0 spiro atoms. The Hall–Kier alpha value is -0.810. The monoisotopic (exact) mass is 319 g/mol. The van der Waals surface area contributed by atoms with Crippen molar-refractivity contribution in [1.82, 2.24) is 5.32 Å². The van der Waals surface area contributed by atoms with E-state index in [1.54, 1.807) is 12.1 Å². The lowest BCUT2D eigenvalue weighted by molar-refractivity contribution is 0.0259. The molecule has 0 bridgehead atoms. The molecule has 0 aliphatic carbocycles. The third kappa shape index (κ3) is 6.09. The number of carbonyl (C=O) groups is 1. The smallest absolute Gasteiger partial charge is 0.252 e. The maximum atomic E-state index is 11.9. The van der Waals surface area contributed by atoms with E-state index in [9.17, 15) is 9.90 Å². The predicted molar refractivity (Wildman–Crippen MR) is 80.5 cm³/mol. The van der Waals surface area contributed by atoms with E-state index in [4.69, 9.17) is 27.9 Å². The fourth-order valence-corrected chi connectivity index (χ4v) is 1.97. The van der Waals surface area contributed by atoms with Gasteiger partial charge in [0.15, 0.2) is 0 Å². The Labute approximate surface area is 129 Å². The Morgan fingerprint density at radius 2 is 2.05 bits per heavy atom. The van der Waals surface area contributed by atoms with Crippen molar-refractivity contribution in [1.29, 1.82) is 0 Å². The molecule has 0 heterocycles. The average Bonchev–Trinajstić information content (AvgIpc) is 2.35. The lowest BCUT2D eigenvalue weighted by Crippen LogP contribution is -2.35. The van der Waals surface area contributed by atoms with Gasteiger partial charge in [-0.15, -0.1) is 0 Å².